The van der Waals surface area contributed by atoms with Crippen LogP contribution in [0.25, 0.3) is 89.7 Å². The molecule has 0 radical (unpaired) electrons. The molecule has 7 aromatic rings. The Balaban J connectivity index is 1.53. The lowest BCUT2D eigenvalue weighted by atomic mass is 10.1. The van der Waals surface area contributed by atoms with Crippen molar-refractivity contribution in [2.24, 2.45) is 0 Å². The highest BCUT2D eigenvalue weighted by molar-refractivity contribution is 6.44. The number of phenolic OH excluding ortho intramolecular Hbond substituents is 1. The number of hydrogen-bond acceptors (Lipinski definition) is 7. The summed E-state index contributed by atoms with van der Waals surface area (Å²) in [5.41, 5.74) is 5.21. The molecule has 2 aliphatic rings. The molecule has 3 N–H and O–H groups in total. The molecule has 4 aromatic carbocycles. The number of aromatic nitrogens is 8. The first-order valence-corrected chi connectivity index (χ1v) is 14.1. The van der Waals surface area contributed by atoms with E-state index in [9.17, 15) is 5.11 Å². The lowest BCUT2D eigenvalue weighted by Crippen LogP contribution is -1.83. The SMILES string of the molecule is Oc1c(Cl)c(Cl)cc2c3nc4nc(nc5[nH]c(nc6nc(nc([nH]3)c12)-c1ccccc1-6)c1ccccc51)-c1ccccc1-4. The Morgan fingerprint density at radius 3 is 1.37 bits per heavy atom. The van der Waals surface area contributed by atoms with Crippen LogP contribution < -0.4 is 0 Å². The van der Waals surface area contributed by atoms with Crippen LogP contribution >= 0.6 is 23.2 Å². The summed E-state index contributed by atoms with van der Waals surface area (Å²) >= 11 is 12.8. The van der Waals surface area contributed by atoms with Crippen LogP contribution in [-0.4, -0.2) is 45.0 Å². The third-order valence-electron chi connectivity index (χ3n) is 7.71. The number of nitrogens with one attached hydrogen (secondary N) is 2. The molecule has 9 nitrogen and oxygen atoms in total. The molecule has 0 unspecified atom stereocenters. The van der Waals surface area contributed by atoms with Crippen molar-refractivity contribution in [3.05, 3.63) is 88.9 Å². The summed E-state index contributed by atoms with van der Waals surface area (Å²) in [6.07, 6.45) is 0. The minimum Gasteiger partial charge on any atom is -0.506 e. The summed E-state index contributed by atoms with van der Waals surface area (Å²) in [4.78, 5) is 36.1. The number of fused-ring (bicyclic) bond motifs is 20. The second kappa shape index (κ2) is 8.81. The molecule has 0 fully saturated rings. The van der Waals surface area contributed by atoms with Gasteiger partial charge >= 0.3 is 0 Å². The molecule has 8 bridgehead atoms. The molecule has 0 saturated heterocycles. The van der Waals surface area contributed by atoms with Crippen LogP contribution in [0.2, 0.25) is 10.0 Å². The molecular formula is C32H16Cl2N8O. The topological polar surface area (TPSA) is 129 Å². The summed E-state index contributed by atoms with van der Waals surface area (Å²) < 4.78 is 0. The van der Waals surface area contributed by atoms with Crippen LogP contribution in [0.4, 0.5) is 0 Å². The van der Waals surface area contributed by atoms with Crippen molar-refractivity contribution in [1.82, 2.24) is 39.9 Å². The van der Waals surface area contributed by atoms with Gasteiger partial charge in [-0.1, -0.05) is 96.0 Å². The summed E-state index contributed by atoms with van der Waals surface area (Å²) in [5.74, 6) is 1.65. The first-order valence-electron chi connectivity index (χ1n) is 13.3. The smallest absolute Gasteiger partial charge is 0.164 e. The third kappa shape index (κ3) is 3.52. The zero-order valence-corrected chi connectivity index (χ0v) is 23.4. The fraction of sp³-hybridized carbons (Fsp3) is 0. The van der Waals surface area contributed by atoms with E-state index in [4.69, 9.17) is 53.1 Å². The predicted molar refractivity (Wildman–Crippen MR) is 168 cm³/mol. The van der Waals surface area contributed by atoms with Crippen molar-refractivity contribution in [3.8, 4) is 51.3 Å². The second-order valence-electron chi connectivity index (χ2n) is 10.2. The minimum atomic E-state index is -0.208. The van der Waals surface area contributed by atoms with E-state index in [1.165, 1.54) is 0 Å². The van der Waals surface area contributed by atoms with E-state index in [0.717, 1.165) is 33.0 Å². The van der Waals surface area contributed by atoms with Gasteiger partial charge < -0.3 is 15.1 Å². The largest absolute Gasteiger partial charge is 0.506 e. The quantitative estimate of drug-likeness (QED) is 0.162. The van der Waals surface area contributed by atoms with Gasteiger partial charge in [0, 0.05) is 38.4 Å². The number of hydrogen-bond donors (Lipinski definition) is 3. The molecule has 0 saturated carbocycles. The minimum absolute atomic E-state index is 0.0187. The Kier molecular flexibility index (Phi) is 4.97. The van der Waals surface area contributed by atoms with Crippen LogP contribution in [0.15, 0.2) is 78.9 Å². The molecule has 11 heteroatoms. The molecule has 0 spiro atoms. The highest BCUT2D eigenvalue weighted by atomic mass is 35.5. The molecule has 3 aromatic heterocycles. The maximum Gasteiger partial charge on any atom is 0.164 e. The third-order valence-corrected chi connectivity index (χ3v) is 8.49. The van der Waals surface area contributed by atoms with Crippen molar-refractivity contribution in [1.29, 1.82) is 0 Å². The zero-order chi connectivity index (χ0) is 28.8. The average Bonchev–Trinajstić information content (AvgIpc) is 3.75. The number of halogens is 2. The number of phenols is 1. The van der Waals surface area contributed by atoms with Crippen molar-refractivity contribution >= 4 is 67.3 Å². The Morgan fingerprint density at radius 1 is 0.488 bits per heavy atom. The van der Waals surface area contributed by atoms with E-state index < -0.39 is 0 Å². The fourth-order valence-corrected chi connectivity index (χ4v) is 6.07. The van der Waals surface area contributed by atoms with E-state index in [-0.39, 0.29) is 15.8 Å². The Labute approximate surface area is 251 Å². The van der Waals surface area contributed by atoms with Gasteiger partial charge in [-0.15, -0.1) is 0 Å². The van der Waals surface area contributed by atoms with E-state index in [2.05, 4.69) is 9.97 Å². The summed E-state index contributed by atoms with van der Waals surface area (Å²) in [6.45, 7) is 0. The van der Waals surface area contributed by atoms with E-state index in [1.807, 2.05) is 72.8 Å². The van der Waals surface area contributed by atoms with Gasteiger partial charge in [-0.05, 0) is 6.07 Å². The van der Waals surface area contributed by atoms with Crippen LogP contribution in [-0.2, 0) is 0 Å². The molecule has 0 atom stereocenters. The first kappa shape index (κ1) is 24.2. The van der Waals surface area contributed by atoms with Crippen molar-refractivity contribution < 1.29 is 5.11 Å². The van der Waals surface area contributed by atoms with Crippen molar-refractivity contribution in [3.63, 3.8) is 0 Å². The van der Waals surface area contributed by atoms with Gasteiger partial charge in [0.25, 0.3) is 0 Å². The summed E-state index contributed by atoms with van der Waals surface area (Å²) in [7, 11) is 0. The van der Waals surface area contributed by atoms with Crippen LogP contribution in [0, 0.1) is 0 Å². The van der Waals surface area contributed by atoms with Crippen LogP contribution in [0.3, 0.4) is 0 Å². The molecule has 204 valence electrons. The van der Waals surface area contributed by atoms with E-state index >= 15 is 0 Å². The maximum absolute atomic E-state index is 11.1. The molecule has 0 aliphatic carbocycles. The highest BCUT2D eigenvalue weighted by Crippen LogP contribution is 2.42. The number of aromatic amines is 2. The Hall–Kier alpha value is -5.38. The number of benzene rings is 4. The van der Waals surface area contributed by atoms with Gasteiger partial charge in [0.1, 0.15) is 33.4 Å². The predicted octanol–water partition coefficient (Wildman–Crippen LogP) is 7.88. The van der Waals surface area contributed by atoms with Gasteiger partial charge in [0.2, 0.25) is 0 Å². The van der Waals surface area contributed by atoms with Gasteiger partial charge in [0.05, 0.1) is 10.4 Å². The first-order chi connectivity index (χ1) is 21.0. The second-order valence-corrected chi connectivity index (χ2v) is 11.0. The average molecular weight is 599 g/mol. The summed E-state index contributed by atoms with van der Waals surface area (Å²) in [5, 5.41) is 14.0. The zero-order valence-electron chi connectivity index (χ0n) is 21.9. The van der Waals surface area contributed by atoms with Gasteiger partial charge in [-0.3, -0.25) is 0 Å². The number of aromatic hydroxyl groups is 1. The number of nitrogens with zero attached hydrogens (tertiary/aromatic N) is 6. The van der Waals surface area contributed by atoms with Crippen molar-refractivity contribution in [2.45, 2.75) is 0 Å². The number of H-pyrrole nitrogens is 2. The van der Waals surface area contributed by atoms with Gasteiger partial charge in [-0.25, -0.2) is 29.9 Å². The van der Waals surface area contributed by atoms with Crippen LogP contribution in [0.1, 0.15) is 0 Å². The molecule has 5 heterocycles. The molecule has 9 rings (SSSR count). The monoisotopic (exact) mass is 598 g/mol. The lowest BCUT2D eigenvalue weighted by Gasteiger charge is -2.01. The van der Waals surface area contributed by atoms with Crippen LogP contribution in [0.5, 0.6) is 5.75 Å². The lowest BCUT2D eigenvalue weighted by molar-refractivity contribution is 0.482. The molecule has 43 heavy (non-hydrogen) atoms. The standard InChI is InChI=1S/C32H16Cl2N8O/c33-21-13-20-22(24(43)23(21)34)32-41-30-19-12-6-5-11-18(19)28(39-30)37-26-15-8-2-1-7-14(15)25(35-26)36-27-16-9-3-4-10-17(16)29(38-27)40-31(20)42-32/h1-13,43H,(H2,35,36,37,38,39,40,41,42). The number of rotatable bonds is 0. The molecular weight excluding hydrogens is 583 g/mol. The van der Waals surface area contributed by atoms with E-state index in [1.54, 1.807) is 6.07 Å². The van der Waals surface area contributed by atoms with E-state index in [0.29, 0.717) is 56.7 Å². The van der Waals surface area contributed by atoms with Gasteiger partial charge in [0.15, 0.2) is 23.3 Å². The Bertz CT molecular complexity index is 2520. The van der Waals surface area contributed by atoms with Crippen molar-refractivity contribution in [2.75, 3.05) is 0 Å². The van der Waals surface area contributed by atoms with Gasteiger partial charge in [-0.2, -0.15) is 0 Å². The normalized spacial score (nSPS) is 12.0. The summed E-state index contributed by atoms with van der Waals surface area (Å²) in [6, 6.07) is 25.1. The molecule has 2 aliphatic heterocycles. The molecule has 0 amide bonds. The fourth-order valence-electron chi connectivity index (χ4n) is 5.72. The maximum atomic E-state index is 11.1. The highest BCUT2D eigenvalue weighted by Gasteiger charge is 2.23. The Morgan fingerprint density at radius 2 is 0.884 bits per heavy atom.